The van der Waals surface area contributed by atoms with E-state index < -0.39 is 0 Å². The first-order valence-electron chi connectivity index (χ1n) is 4.69. The molecule has 0 fully saturated rings. The van der Waals surface area contributed by atoms with Crippen molar-refractivity contribution >= 4 is 22.6 Å². The maximum atomic E-state index is 5.83. The van der Waals surface area contributed by atoms with Gasteiger partial charge < -0.3 is 5.73 Å². The minimum absolute atomic E-state index is 0.0385. The van der Waals surface area contributed by atoms with Gasteiger partial charge in [-0.2, -0.15) is 0 Å². The number of aromatic nitrogens is 3. The van der Waals surface area contributed by atoms with Gasteiger partial charge in [-0.05, 0) is 25.1 Å². The van der Waals surface area contributed by atoms with Crippen LogP contribution in [0.2, 0.25) is 5.02 Å². The highest BCUT2D eigenvalue weighted by atomic mass is 35.5. The SMILES string of the molecule is CC(N)Cc1nnc2cc(Cl)ccc2n1. The van der Waals surface area contributed by atoms with Crippen molar-refractivity contribution in [2.45, 2.75) is 19.4 Å². The van der Waals surface area contributed by atoms with E-state index in [1.54, 1.807) is 12.1 Å². The maximum Gasteiger partial charge on any atom is 0.153 e. The van der Waals surface area contributed by atoms with Gasteiger partial charge >= 0.3 is 0 Å². The van der Waals surface area contributed by atoms with Crippen molar-refractivity contribution in [1.29, 1.82) is 0 Å². The standard InChI is InChI=1S/C10H11ClN4/c1-6(12)4-10-13-8-3-2-7(11)5-9(8)14-15-10/h2-3,5-6H,4,12H2,1H3. The predicted octanol–water partition coefficient (Wildman–Crippen LogP) is 1.57. The van der Waals surface area contributed by atoms with Crippen molar-refractivity contribution < 1.29 is 0 Å². The Morgan fingerprint density at radius 2 is 2.13 bits per heavy atom. The summed E-state index contributed by atoms with van der Waals surface area (Å²) >= 11 is 5.83. The van der Waals surface area contributed by atoms with Crippen LogP contribution < -0.4 is 5.73 Å². The van der Waals surface area contributed by atoms with Crippen molar-refractivity contribution in [2.24, 2.45) is 5.73 Å². The lowest BCUT2D eigenvalue weighted by Crippen LogP contribution is -2.19. The highest BCUT2D eigenvalue weighted by molar-refractivity contribution is 6.31. The van der Waals surface area contributed by atoms with E-state index in [0.717, 1.165) is 5.52 Å². The lowest BCUT2D eigenvalue weighted by Gasteiger charge is -2.03. The van der Waals surface area contributed by atoms with Gasteiger partial charge in [0, 0.05) is 17.5 Å². The third-order valence-electron chi connectivity index (χ3n) is 1.96. The number of rotatable bonds is 2. The molecule has 0 aliphatic carbocycles. The second-order valence-corrected chi connectivity index (χ2v) is 3.98. The number of nitrogens with two attached hydrogens (primary N) is 1. The molecule has 0 aliphatic heterocycles. The summed E-state index contributed by atoms with van der Waals surface area (Å²) in [6.07, 6.45) is 0.631. The molecule has 5 heteroatoms. The summed E-state index contributed by atoms with van der Waals surface area (Å²) in [5, 5.41) is 8.67. The average molecular weight is 223 g/mol. The van der Waals surface area contributed by atoms with Crippen molar-refractivity contribution in [3.63, 3.8) is 0 Å². The topological polar surface area (TPSA) is 64.7 Å². The van der Waals surface area contributed by atoms with Gasteiger partial charge in [-0.25, -0.2) is 4.98 Å². The van der Waals surface area contributed by atoms with E-state index in [1.807, 2.05) is 13.0 Å². The molecule has 0 amide bonds. The molecular weight excluding hydrogens is 212 g/mol. The summed E-state index contributed by atoms with van der Waals surface area (Å²) < 4.78 is 0. The first-order chi connectivity index (χ1) is 7.15. The predicted molar refractivity (Wildman–Crippen MR) is 59.7 cm³/mol. The monoisotopic (exact) mass is 222 g/mol. The van der Waals surface area contributed by atoms with Crippen molar-refractivity contribution in [3.8, 4) is 0 Å². The van der Waals surface area contributed by atoms with Crippen molar-refractivity contribution in [1.82, 2.24) is 15.2 Å². The third-order valence-corrected chi connectivity index (χ3v) is 2.20. The molecule has 15 heavy (non-hydrogen) atoms. The second-order valence-electron chi connectivity index (χ2n) is 3.54. The van der Waals surface area contributed by atoms with Crippen LogP contribution in [0.3, 0.4) is 0 Å². The van der Waals surface area contributed by atoms with Gasteiger partial charge in [0.25, 0.3) is 0 Å². The molecule has 1 unspecified atom stereocenters. The van der Waals surface area contributed by atoms with Gasteiger partial charge in [0.2, 0.25) is 0 Å². The van der Waals surface area contributed by atoms with E-state index in [1.165, 1.54) is 0 Å². The molecule has 0 bridgehead atoms. The molecule has 78 valence electrons. The third kappa shape index (κ3) is 2.40. The zero-order chi connectivity index (χ0) is 10.8. The van der Waals surface area contributed by atoms with E-state index in [-0.39, 0.29) is 6.04 Å². The molecule has 0 spiro atoms. The lowest BCUT2D eigenvalue weighted by molar-refractivity contribution is 0.692. The molecule has 2 N–H and O–H groups in total. The summed E-state index contributed by atoms with van der Waals surface area (Å²) in [7, 11) is 0. The summed E-state index contributed by atoms with van der Waals surface area (Å²) in [6, 6.07) is 5.40. The van der Waals surface area contributed by atoms with Crippen LogP contribution in [0.4, 0.5) is 0 Å². The number of halogens is 1. The van der Waals surface area contributed by atoms with Crippen LogP contribution in [0.1, 0.15) is 12.7 Å². The van der Waals surface area contributed by atoms with E-state index in [9.17, 15) is 0 Å². The van der Waals surface area contributed by atoms with Crippen LogP contribution in [-0.4, -0.2) is 21.2 Å². The minimum Gasteiger partial charge on any atom is -0.328 e. The first-order valence-corrected chi connectivity index (χ1v) is 5.07. The van der Waals surface area contributed by atoms with Gasteiger partial charge in [0.05, 0.1) is 5.52 Å². The normalized spacial score (nSPS) is 13.0. The Morgan fingerprint density at radius 1 is 1.33 bits per heavy atom. The maximum absolute atomic E-state index is 5.83. The summed E-state index contributed by atoms with van der Waals surface area (Å²) in [5.74, 6) is 0.667. The first kappa shape index (κ1) is 10.3. The molecule has 2 aromatic rings. The van der Waals surface area contributed by atoms with Gasteiger partial charge in [0.1, 0.15) is 5.52 Å². The van der Waals surface area contributed by atoms with Crippen LogP contribution in [0.15, 0.2) is 18.2 Å². The molecule has 4 nitrogen and oxygen atoms in total. The van der Waals surface area contributed by atoms with Crippen LogP contribution in [0.5, 0.6) is 0 Å². The molecule has 0 aliphatic rings. The number of nitrogens with zero attached hydrogens (tertiary/aromatic N) is 3. The Bertz CT molecular complexity index is 484. The van der Waals surface area contributed by atoms with E-state index in [2.05, 4.69) is 15.2 Å². The number of fused-ring (bicyclic) bond motifs is 1. The molecule has 0 radical (unpaired) electrons. The number of benzene rings is 1. The van der Waals surface area contributed by atoms with E-state index in [0.29, 0.717) is 22.8 Å². The number of hydrogen-bond donors (Lipinski definition) is 1. The smallest absolute Gasteiger partial charge is 0.153 e. The fraction of sp³-hybridized carbons (Fsp3) is 0.300. The molecule has 2 rings (SSSR count). The molecule has 1 atom stereocenters. The molecule has 0 saturated carbocycles. The van der Waals surface area contributed by atoms with E-state index >= 15 is 0 Å². The molecule has 1 aromatic carbocycles. The van der Waals surface area contributed by atoms with Gasteiger partial charge in [0.15, 0.2) is 5.82 Å². The fourth-order valence-corrected chi connectivity index (χ4v) is 1.49. The minimum atomic E-state index is 0.0385. The molecule has 1 aromatic heterocycles. The molecular formula is C10H11ClN4. The zero-order valence-corrected chi connectivity index (χ0v) is 9.07. The molecule has 0 saturated heterocycles. The Labute approximate surface area is 92.5 Å². The van der Waals surface area contributed by atoms with Crippen LogP contribution in [-0.2, 0) is 6.42 Å². The van der Waals surface area contributed by atoms with Crippen LogP contribution in [0.25, 0.3) is 11.0 Å². The van der Waals surface area contributed by atoms with E-state index in [4.69, 9.17) is 17.3 Å². The summed E-state index contributed by atoms with van der Waals surface area (Å²) in [6.45, 7) is 1.91. The number of hydrogen-bond acceptors (Lipinski definition) is 4. The largest absolute Gasteiger partial charge is 0.328 e. The van der Waals surface area contributed by atoms with Gasteiger partial charge in [-0.15, -0.1) is 10.2 Å². The average Bonchev–Trinajstić information content (AvgIpc) is 2.17. The Hall–Kier alpha value is -1.26. The Balaban J connectivity index is 2.43. The Kier molecular flexibility index (Phi) is 2.79. The Morgan fingerprint density at radius 3 is 2.87 bits per heavy atom. The van der Waals surface area contributed by atoms with Crippen LogP contribution in [0, 0.1) is 0 Å². The summed E-state index contributed by atoms with van der Waals surface area (Å²) in [5.41, 5.74) is 7.16. The van der Waals surface area contributed by atoms with Crippen molar-refractivity contribution in [3.05, 3.63) is 29.0 Å². The summed E-state index contributed by atoms with van der Waals surface area (Å²) in [4.78, 5) is 4.34. The molecule has 1 heterocycles. The second kappa shape index (κ2) is 4.08. The van der Waals surface area contributed by atoms with Crippen molar-refractivity contribution in [2.75, 3.05) is 0 Å². The van der Waals surface area contributed by atoms with Gasteiger partial charge in [-0.3, -0.25) is 0 Å². The quantitative estimate of drug-likeness (QED) is 0.838. The van der Waals surface area contributed by atoms with Crippen LogP contribution >= 0.6 is 11.6 Å². The zero-order valence-electron chi connectivity index (χ0n) is 8.31. The highest BCUT2D eigenvalue weighted by Crippen LogP contribution is 2.15. The van der Waals surface area contributed by atoms with Gasteiger partial charge in [-0.1, -0.05) is 11.6 Å². The highest BCUT2D eigenvalue weighted by Gasteiger charge is 2.04. The lowest BCUT2D eigenvalue weighted by atomic mass is 10.2. The fourth-order valence-electron chi connectivity index (χ4n) is 1.32.